The number of amides is 1. The number of pyridine rings is 1. The third kappa shape index (κ3) is 5.75. The molecule has 0 radical (unpaired) electrons. The Balaban J connectivity index is 1.65. The second kappa shape index (κ2) is 12.3. The molecule has 10 heteroatoms. The zero-order chi connectivity index (χ0) is 28.1. The Bertz CT molecular complexity index is 1320. The van der Waals surface area contributed by atoms with E-state index in [4.69, 9.17) is 9.47 Å². The third-order valence-electron chi connectivity index (χ3n) is 6.97. The number of ether oxygens (including phenoxy) is 2. The van der Waals surface area contributed by atoms with Crippen LogP contribution in [0.3, 0.4) is 0 Å². The number of carbonyl (C=O) groups excluding carboxylic acids is 1. The average molecular weight is 542 g/mol. The van der Waals surface area contributed by atoms with E-state index in [0.29, 0.717) is 42.3 Å². The molecule has 1 amide bonds. The summed E-state index contributed by atoms with van der Waals surface area (Å²) in [6, 6.07) is 9.26. The van der Waals surface area contributed by atoms with Gasteiger partial charge in [-0.15, -0.1) is 0 Å². The summed E-state index contributed by atoms with van der Waals surface area (Å²) in [5.41, 5.74) is 1.08. The quantitative estimate of drug-likeness (QED) is 0.404. The van der Waals surface area contributed by atoms with Gasteiger partial charge in [-0.25, -0.2) is 13.8 Å². The number of halogens is 2. The number of carbonyl (C=O) groups is 1. The number of aromatic hydroxyl groups is 2. The van der Waals surface area contributed by atoms with E-state index in [-0.39, 0.29) is 36.3 Å². The first kappa shape index (κ1) is 28.1. The van der Waals surface area contributed by atoms with E-state index >= 15 is 0 Å². The van der Waals surface area contributed by atoms with Crippen LogP contribution in [0.5, 0.6) is 23.1 Å². The Hall–Kier alpha value is -3.92. The minimum absolute atomic E-state index is 0.202. The SMILES string of the molecule is CCCCc1nc(O)c(C(=O)N2CCN(Cc3cccc(F)c3F)CC2)c(O)c1-c1c(OC)cccc1OC. The summed E-state index contributed by atoms with van der Waals surface area (Å²) < 4.78 is 38.8. The van der Waals surface area contributed by atoms with E-state index < -0.39 is 29.2 Å². The van der Waals surface area contributed by atoms with Crippen LogP contribution >= 0.6 is 0 Å². The van der Waals surface area contributed by atoms with Crippen molar-refractivity contribution in [2.75, 3.05) is 40.4 Å². The molecule has 1 saturated heterocycles. The van der Waals surface area contributed by atoms with Crippen molar-refractivity contribution in [3.63, 3.8) is 0 Å². The van der Waals surface area contributed by atoms with E-state index in [1.165, 1.54) is 31.3 Å². The molecule has 0 unspecified atom stereocenters. The third-order valence-corrected chi connectivity index (χ3v) is 6.97. The molecule has 0 saturated carbocycles. The summed E-state index contributed by atoms with van der Waals surface area (Å²) >= 11 is 0. The van der Waals surface area contributed by atoms with Crippen LogP contribution in [0, 0.1) is 11.6 Å². The fourth-order valence-corrected chi connectivity index (χ4v) is 4.87. The van der Waals surface area contributed by atoms with Gasteiger partial charge in [0.05, 0.1) is 31.0 Å². The molecule has 2 N–H and O–H groups in total. The molecule has 1 aliphatic heterocycles. The Morgan fingerprint density at radius 1 is 0.974 bits per heavy atom. The number of aromatic nitrogens is 1. The topological polar surface area (TPSA) is 95.4 Å². The number of rotatable bonds is 9. The molecule has 1 aromatic heterocycles. The number of benzene rings is 2. The zero-order valence-corrected chi connectivity index (χ0v) is 22.3. The summed E-state index contributed by atoms with van der Waals surface area (Å²) in [6.45, 7) is 3.55. The average Bonchev–Trinajstić information content (AvgIpc) is 2.94. The second-order valence-electron chi connectivity index (χ2n) is 9.40. The highest BCUT2D eigenvalue weighted by Gasteiger charge is 2.32. The molecule has 2 aromatic carbocycles. The molecule has 1 aliphatic rings. The highest BCUT2D eigenvalue weighted by atomic mass is 19.2. The summed E-state index contributed by atoms with van der Waals surface area (Å²) in [6.07, 6.45) is 2.06. The number of nitrogens with zero attached hydrogens (tertiary/aromatic N) is 3. The molecule has 0 spiro atoms. The molecule has 0 bridgehead atoms. The Labute approximate surface area is 226 Å². The highest BCUT2D eigenvalue weighted by Crippen LogP contribution is 2.47. The molecule has 0 atom stereocenters. The number of methoxy groups -OCH3 is 2. The van der Waals surface area contributed by atoms with E-state index in [1.54, 1.807) is 18.2 Å². The summed E-state index contributed by atoms with van der Waals surface area (Å²) in [7, 11) is 2.99. The second-order valence-corrected chi connectivity index (χ2v) is 9.40. The van der Waals surface area contributed by atoms with Crippen molar-refractivity contribution < 1.29 is 33.3 Å². The van der Waals surface area contributed by atoms with E-state index in [2.05, 4.69) is 4.98 Å². The standard InChI is InChI=1S/C29H33F2N3O5/c1-4-5-10-20-23(24-21(38-2)11-7-12-22(24)39-3)27(35)25(28(36)32-20)29(37)34-15-13-33(14-16-34)17-18-8-6-9-19(30)26(18)31/h6-9,11-12H,4-5,10,13-17H2,1-3H3,(H2,32,35,36). The van der Waals surface area contributed by atoms with E-state index in [9.17, 15) is 23.8 Å². The molecule has 39 heavy (non-hydrogen) atoms. The van der Waals surface area contributed by atoms with Gasteiger partial charge in [-0.1, -0.05) is 31.5 Å². The largest absolute Gasteiger partial charge is 0.506 e. The van der Waals surface area contributed by atoms with Crippen LogP contribution < -0.4 is 9.47 Å². The van der Waals surface area contributed by atoms with Gasteiger partial charge in [-0.3, -0.25) is 9.69 Å². The van der Waals surface area contributed by atoms with Crippen LogP contribution in [0.2, 0.25) is 0 Å². The van der Waals surface area contributed by atoms with E-state index in [0.717, 1.165) is 18.9 Å². The number of hydrogen-bond acceptors (Lipinski definition) is 7. The number of piperazine rings is 1. The molecule has 0 aliphatic carbocycles. The maximum atomic E-state index is 14.1. The van der Waals surface area contributed by atoms with Gasteiger partial charge >= 0.3 is 0 Å². The van der Waals surface area contributed by atoms with Crippen molar-refractivity contribution in [1.82, 2.24) is 14.8 Å². The Morgan fingerprint density at radius 3 is 2.23 bits per heavy atom. The van der Waals surface area contributed by atoms with Crippen LogP contribution in [0.4, 0.5) is 8.78 Å². The molecule has 2 heterocycles. The van der Waals surface area contributed by atoms with Crippen molar-refractivity contribution in [1.29, 1.82) is 0 Å². The first-order valence-electron chi connectivity index (χ1n) is 12.9. The molecule has 4 rings (SSSR count). The molecular formula is C29H33F2N3O5. The van der Waals surface area contributed by atoms with Crippen molar-refractivity contribution in [2.24, 2.45) is 0 Å². The number of hydrogen-bond donors (Lipinski definition) is 2. The monoisotopic (exact) mass is 541 g/mol. The molecule has 8 nitrogen and oxygen atoms in total. The minimum Gasteiger partial charge on any atom is -0.506 e. The van der Waals surface area contributed by atoms with Gasteiger partial charge in [0.25, 0.3) is 5.91 Å². The lowest BCUT2D eigenvalue weighted by molar-refractivity contribution is 0.0620. The van der Waals surface area contributed by atoms with Crippen molar-refractivity contribution in [2.45, 2.75) is 32.7 Å². The normalized spacial score (nSPS) is 13.9. The first-order valence-corrected chi connectivity index (χ1v) is 12.9. The molecular weight excluding hydrogens is 508 g/mol. The summed E-state index contributed by atoms with van der Waals surface area (Å²) in [4.78, 5) is 21.4. The van der Waals surface area contributed by atoms with Crippen LogP contribution in [-0.4, -0.2) is 71.3 Å². The molecule has 3 aromatic rings. The predicted molar refractivity (Wildman–Crippen MR) is 142 cm³/mol. The van der Waals surface area contributed by atoms with Crippen molar-refractivity contribution in [3.05, 3.63) is 64.9 Å². The molecule has 1 fully saturated rings. The first-order chi connectivity index (χ1) is 18.8. The van der Waals surface area contributed by atoms with Gasteiger partial charge in [0.2, 0.25) is 5.88 Å². The Morgan fingerprint density at radius 2 is 1.62 bits per heavy atom. The van der Waals surface area contributed by atoms with Gasteiger partial charge in [-0.05, 0) is 31.0 Å². The lowest BCUT2D eigenvalue weighted by atomic mass is 9.95. The minimum atomic E-state index is -0.898. The van der Waals surface area contributed by atoms with Gasteiger partial charge in [0, 0.05) is 38.3 Å². The maximum Gasteiger partial charge on any atom is 0.263 e. The number of aryl methyl sites for hydroxylation is 1. The summed E-state index contributed by atoms with van der Waals surface area (Å²) in [5.74, 6) is -2.45. The Kier molecular flexibility index (Phi) is 8.86. The van der Waals surface area contributed by atoms with Crippen LogP contribution in [-0.2, 0) is 13.0 Å². The fourth-order valence-electron chi connectivity index (χ4n) is 4.87. The smallest absolute Gasteiger partial charge is 0.263 e. The van der Waals surface area contributed by atoms with Gasteiger partial charge in [0.1, 0.15) is 22.8 Å². The van der Waals surface area contributed by atoms with Crippen LogP contribution in [0.25, 0.3) is 11.1 Å². The van der Waals surface area contributed by atoms with Crippen molar-refractivity contribution in [3.8, 4) is 34.3 Å². The maximum absolute atomic E-state index is 14.1. The fraction of sp³-hybridized carbons (Fsp3) is 0.379. The van der Waals surface area contributed by atoms with Gasteiger partial charge in [-0.2, -0.15) is 0 Å². The predicted octanol–water partition coefficient (Wildman–Crippen LogP) is 4.76. The lowest BCUT2D eigenvalue weighted by Gasteiger charge is -2.35. The van der Waals surface area contributed by atoms with Crippen LogP contribution in [0.15, 0.2) is 36.4 Å². The van der Waals surface area contributed by atoms with Gasteiger partial charge in [0.15, 0.2) is 11.6 Å². The van der Waals surface area contributed by atoms with Gasteiger partial charge < -0.3 is 24.6 Å². The number of unbranched alkanes of at least 4 members (excludes halogenated alkanes) is 1. The zero-order valence-electron chi connectivity index (χ0n) is 22.3. The lowest BCUT2D eigenvalue weighted by Crippen LogP contribution is -2.48. The van der Waals surface area contributed by atoms with Crippen molar-refractivity contribution >= 4 is 5.91 Å². The molecule has 208 valence electrons. The van der Waals surface area contributed by atoms with Crippen LogP contribution in [0.1, 0.15) is 41.4 Å². The van der Waals surface area contributed by atoms with E-state index in [1.807, 2.05) is 11.8 Å². The highest BCUT2D eigenvalue weighted by molar-refractivity contribution is 6.02. The summed E-state index contributed by atoms with van der Waals surface area (Å²) in [5, 5.41) is 22.3.